The molecule has 0 bridgehead atoms. The second-order valence-electron chi connectivity index (χ2n) is 4.40. The number of hydrogen-bond acceptors (Lipinski definition) is 0. The molecule has 80 valence electrons. The molecule has 2 heteroatoms. The zero-order chi connectivity index (χ0) is 11.2. The first kappa shape index (κ1) is 10.7. The van der Waals surface area contributed by atoms with Crippen molar-refractivity contribution in [3.63, 3.8) is 0 Å². The normalized spacial score (nSPS) is 11.6. The summed E-state index contributed by atoms with van der Waals surface area (Å²) in [6.07, 6.45) is 0. The average molecular weight is 266 g/mol. The van der Waals surface area contributed by atoms with Crippen LogP contribution in [-0.2, 0) is 0 Å². The van der Waals surface area contributed by atoms with Gasteiger partial charge in [0.25, 0.3) is 0 Å². The van der Waals surface area contributed by atoms with Gasteiger partial charge in [-0.2, -0.15) is 0 Å². The molecular formula is C13H16BrN. The highest BCUT2D eigenvalue weighted by Crippen LogP contribution is 2.32. The summed E-state index contributed by atoms with van der Waals surface area (Å²) < 4.78 is 3.54. The van der Waals surface area contributed by atoms with E-state index in [4.69, 9.17) is 0 Å². The minimum absolute atomic E-state index is 0.485. The Kier molecular flexibility index (Phi) is 2.63. The van der Waals surface area contributed by atoms with E-state index in [0.29, 0.717) is 6.04 Å². The van der Waals surface area contributed by atoms with Crippen molar-refractivity contribution in [3.05, 3.63) is 33.9 Å². The van der Waals surface area contributed by atoms with Gasteiger partial charge in [0.2, 0.25) is 0 Å². The van der Waals surface area contributed by atoms with Gasteiger partial charge in [0.15, 0.2) is 0 Å². The molecule has 0 spiro atoms. The maximum Gasteiger partial charge on any atom is 0.0889 e. The van der Waals surface area contributed by atoms with Gasteiger partial charge in [-0.3, -0.25) is 0 Å². The standard InChI is InChI=1S/C13H16BrN/c1-8(2)15-12-6-5-9(3)7-11(12)10(4)13(15)14/h5-8H,1-4H3. The fourth-order valence-corrected chi connectivity index (χ4v) is 2.88. The fraction of sp³-hybridized carbons (Fsp3) is 0.385. The third-order valence-corrected chi connectivity index (χ3v) is 3.83. The molecule has 0 saturated carbocycles. The van der Waals surface area contributed by atoms with E-state index < -0.39 is 0 Å². The predicted molar refractivity (Wildman–Crippen MR) is 69.5 cm³/mol. The molecular weight excluding hydrogens is 250 g/mol. The number of halogens is 1. The largest absolute Gasteiger partial charge is 0.332 e. The summed E-state index contributed by atoms with van der Waals surface area (Å²) in [7, 11) is 0. The lowest BCUT2D eigenvalue weighted by atomic mass is 10.1. The van der Waals surface area contributed by atoms with Crippen molar-refractivity contribution in [1.29, 1.82) is 0 Å². The topological polar surface area (TPSA) is 4.93 Å². The summed E-state index contributed by atoms with van der Waals surface area (Å²) in [6, 6.07) is 7.13. The summed E-state index contributed by atoms with van der Waals surface area (Å²) in [5, 5.41) is 1.36. The van der Waals surface area contributed by atoms with E-state index in [0.717, 1.165) is 0 Å². The molecule has 0 aliphatic heterocycles. The van der Waals surface area contributed by atoms with Gasteiger partial charge in [-0.1, -0.05) is 11.6 Å². The van der Waals surface area contributed by atoms with Gasteiger partial charge < -0.3 is 4.57 Å². The maximum absolute atomic E-state index is 3.68. The minimum atomic E-state index is 0.485. The molecule has 1 aromatic heterocycles. The minimum Gasteiger partial charge on any atom is -0.332 e. The summed E-state index contributed by atoms with van der Waals surface area (Å²) >= 11 is 3.68. The SMILES string of the molecule is Cc1ccc2c(c1)c(C)c(Br)n2C(C)C. The second-order valence-corrected chi connectivity index (χ2v) is 5.15. The molecule has 0 fully saturated rings. The molecule has 0 atom stereocenters. The molecule has 0 aliphatic carbocycles. The van der Waals surface area contributed by atoms with E-state index >= 15 is 0 Å². The van der Waals surface area contributed by atoms with Crippen LogP contribution in [0, 0.1) is 13.8 Å². The summed E-state index contributed by atoms with van der Waals surface area (Å²) in [5.41, 5.74) is 3.97. The molecule has 2 rings (SSSR count). The first-order valence-electron chi connectivity index (χ1n) is 5.29. The van der Waals surface area contributed by atoms with Crippen molar-refractivity contribution in [2.75, 3.05) is 0 Å². The van der Waals surface area contributed by atoms with Crippen molar-refractivity contribution in [2.45, 2.75) is 33.7 Å². The third-order valence-electron chi connectivity index (χ3n) is 2.85. The highest BCUT2D eigenvalue weighted by molar-refractivity contribution is 9.10. The van der Waals surface area contributed by atoms with Crippen LogP contribution in [0.4, 0.5) is 0 Å². The molecule has 0 saturated heterocycles. The Morgan fingerprint density at radius 1 is 1.20 bits per heavy atom. The molecule has 0 aliphatic rings. The monoisotopic (exact) mass is 265 g/mol. The molecule has 1 nitrogen and oxygen atoms in total. The zero-order valence-electron chi connectivity index (χ0n) is 9.63. The number of nitrogens with zero attached hydrogens (tertiary/aromatic N) is 1. The van der Waals surface area contributed by atoms with E-state index in [2.05, 4.69) is 66.4 Å². The molecule has 0 radical (unpaired) electrons. The smallest absolute Gasteiger partial charge is 0.0889 e. The van der Waals surface area contributed by atoms with Crippen molar-refractivity contribution < 1.29 is 0 Å². The number of rotatable bonds is 1. The Morgan fingerprint density at radius 3 is 2.47 bits per heavy atom. The lowest BCUT2D eigenvalue weighted by molar-refractivity contribution is 0.610. The first-order chi connectivity index (χ1) is 7.02. The summed E-state index contributed by atoms with van der Waals surface area (Å²) in [5.74, 6) is 0. The number of aromatic nitrogens is 1. The second kappa shape index (κ2) is 3.67. The quantitative estimate of drug-likeness (QED) is 0.710. The molecule has 15 heavy (non-hydrogen) atoms. The van der Waals surface area contributed by atoms with Crippen LogP contribution < -0.4 is 0 Å². The van der Waals surface area contributed by atoms with Crippen LogP contribution in [0.25, 0.3) is 10.9 Å². The Hall–Kier alpha value is -0.760. The van der Waals surface area contributed by atoms with Crippen molar-refractivity contribution in [3.8, 4) is 0 Å². The number of fused-ring (bicyclic) bond motifs is 1. The maximum atomic E-state index is 3.68. The molecule has 0 unspecified atom stereocenters. The molecule has 0 amide bonds. The molecule has 1 heterocycles. The number of hydrogen-bond donors (Lipinski definition) is 0. The summed E-state index contributed by atoms with van der Waals surface area (Å²) in [4.78, 5) is 0. The highest BCUT2D eigenvalue weighted by atomic mass is 79.9. The first-order valence-corrected chi connectivity index (χ1v) is 6.08. The van der Waals surface area contributed by atoms with Crippen LogP contribution in [0.15, 0.2) is 22.8 Å². The third kappa shape index (κ3) is 1.61. The van der Waals surface area contributed by atoms with Gasteiger partial charge in [0.1, 0.15) is 0 Å². The van der Waals surface area contributed by atoms with E-state index in [1.54, 1.807) is 0 Å². The Balaban J connectivity index is 2.87. The van der Waals surface area contributed by atoms with Gasteiger partial charge in [-0.25, -0.2) is 0 Å². The van der Waals surface area contributed by atoms with E-state index in [1.165, 1.54) is 26.6 Å². The van der Waals surface area contributed by atoms with Crippen LogP contribution in [0.1, 0.15) is 31.0 Å². The Labute approximate surface area is 99.2 Å². The van der Waals surface area contributed by atoms with Crippen LogP contribution in [0.2, 0.25) is 0 Å². The zero-order valence-corrected chi connectivity index (χ0v) is 11.2. The van der Waals surface area contributed by atoms with Crippen LogP contribution in [-0.4, -0.2) is 4.57 Å². The highest BCUT2D eigenvalue weighted by Gasteiger charge is 2.13. The predicted octanol–water partition coefficient (Wildman–Crippen LogP) is 4.60. The van der Waals surface area contributed by atoms with Gasteiger partial charge in [0, 0.05) is 16.9 Å². The van der Waals surface area contributed by atoms with Crippen molar-refractivity contribution >= 4 is 26.8 Å². The molecule has 2 aromatic rings. The van der Waals surface area contributed by atoms with Crippen LogP contribution in [0.3, 0.4) is 0 Å². The Bertz CT molecular complexity index is 509. The van der Waals surface area contributed by atoms with Crippen molar-refractivity contribution in [1.82, 2.24) is 4.57 Å². The number of benzene rings is 1. The Morgan fingerprint density at radius 2 is 1.87 bits per heavy atom. The van der Waals surface area contributed by atoms with Gasteiger partial charge in [0.05, 0.1) is 4.60 Å². The van der Waals surface area contributed by atoms with Gasteiger partial charge >= 0.3 is 0 Å². The lowest BCUT2D eigenvalue weighted by Gasteiger charge is -2.11. The van der Waals surface area contributed by atoms with Crippen molar-refractivity contribution in [2.24, 2.45) is 0 Å². The average Bonchev–Trinajstić information content (AvgIpc) is 2.41. The molecule has 0 N–H and O–H groups in total. The van der Waals surface area contributed by atoms with Crippen LogP contribution in [0.5, 0.6) is 0 Å². The molecule has 1 aromatic carbocycles. The van der Waals surface area contributed by atoms with E-state index in [1.807, 2.05) is 0 Å². The van der Waals surface area contributed by atoms with Crippen LogP contribution >= 0.6 is 15.9 Å². The van der Waals surface area contributed by atoms with E-state index in [-0.39, 0.29) is 0 Å². The van der Waals surface area contributed by atoms with Gasteiger partial charge in [-0.05, 0) is 61.3 Å². The number of aryl methyl sites for hydroxylation is 2. The lowest BCUT2D eigenvalue weighted by Crippen LogP contribution is -2.00. The van der Waals surface area contributed by atoms with Gasteiger partial charge in [-0.15, -0.1) is 0 Å². The summed E-state index contributed by atoms with van der Waals surface area (Å²) in [6.45, 7) is 8.73. The fourth-order valence-electron chi connectivity index (χ4n) is 2.06. The van der Waals surface area contributed by atoms with E-state index in [9.17, 15) is 0 Å².